The zero-order valence-corrected chi connectivity index (χ0v) is 12.8. The Morgan fingerprint density at radius 3 is 2.17 bits per heavy atom. The smallest absolute Gasteiger partial charge is 0.123 e. The van der Waals surface area contributed by atoms with Gasteiger partial charge in [-0.3, -0.25) is 0 Å². The molecule has 0 aromatic heterocycles. The van der Waals surface area contributed by atoms with Gasteiger partial charge in [0.25, 0.3) is 0 Å². The summed E-state index contributed by atoms with van der Waals surface area (Å²) in [4.78, 5) is 0. The summed E-state index contributed by atoms with van der Waals surface area (Å²) in [6.45, 7) is 0. The molecule has 0 aliphatic carbocycles. The maximum atomic E-state index is 13.3. The Kier molecular flexibility index (Phi) is 4.54. The standard InChI is InChI=1S/C13H7BrCl3F/c14-6-7-1-2-9(18)5-10(7)8-3-11(15)13(17)12(16)4-8/h1-5H,6H2. The predicted octanol–water partition coefficient (Wildman–Crippen LogP) is 6.35. The van der Waals surface area contributed by atoms with Crippen molar-refractivity contribution >= 4 is 50.7 Å². The van der Waals surface area contributed by atoms with E-state index in [1.165, 1.54) is 12.1 Å². The first-order valence-electron chi connectivity index (χ1n) is 5.02. The van der Waals surface area contributed by atoms with Crippen molar-refractivity contribution in [3.63, 3.8) is 0 Å². The molecule has 2 aromatic rings. The first-order valence-corrected chi connectivity index (χ1v) is 7.27. The fourth-order valence-corrected chi connectivity index (χ4v) is 2.73. The largest absolute Gasteiger partial charge is 0.207 e. The minimum absolute atomic E-state index is 0.305. The third kappa shape index (κ3) is 2.83. The van der Waals surface area contributed by atoms with Crippen LogP contribution in [0.2, 0.25) is 15.1 Å². The van der Waals surface area contributed by atoms with Gasteiger partial charge in [-0.25, -0.2) is 4.39 Å². The summed E-state index contributed by atoms with van der Waals surface area (Å²) in [6.07, 6.45) is 0. The molecule has 94 valence electrons. The van der Waals surface area contributed by atoms with E-state index in [2.05, 4.69) is 15.9 Å². The normalized spacial score (nSPS) is 10.7. The number of hydrogen-bond acceptors (Lipinski definition) is 0. The summed E-state index contributed by atoms with van der Waals surface area (Å²) < 4.78 is 13.3. The van der Waals surface area contributed by atoms with Gasteiger partial charge in [0.05, 0.1) is 15.1 Å². The van der Waals surface area contributed by atoms with Crippen LogP contribution in [0.25, 0.3) is 11.1 Å². The third-order valence-electron chi connectivity index (χ3n) is 2.51. The quantitative estimate of drug-likeness (QED) is 0.428. The fraction of sp³-hybridized carbons (Fsp3) is 0.0769. The molecule has 0 aliphatic heterocycles. The Balaban J connectivity index is 2.65. The van der Waals surface area contributed by atoms with Gasteiger partial charge in [-0.1, -0.05) is 56.8 Å². The maximum Gasteiger partial charge on any atom is 0.123 e. The molecule has 0 saturated heterocycles. The van der Waals surface area contributed by atoms with Crippen LogP contribution in [-0.2, 0) is 5.33 Å². The summed E-state index contributed by atoms with van der Waals surface area (Å²) in [5.74, 6) is -0.308. The number of hydrogen-bond donors (Lipinski definition) is 0. The lowest BCUT2D eigenvalue weighted by molar-refractivity contribution is 0.628. The van der Waals surface area contributed by atoms with Crippen LogP contribution in [0.5, 0.6) is 0 Å². The van der Waals surface area contributed by atoms with E-state index < -0.39 is 0 Å². The van der Waals surface area contributed by atoms with Gasteiger partial charge < -0.3 is 0 Å². The van der Waals surface area contributed by atoms with E-state index in [1.807, 2.05) is 0 Å². The number of alkyl halides is 1. The van der Waals surface area contributed by atoms with Gasteiger partial charge >= 0.3 is 0 Å². The third-order valence-corrected chi connectivity index (χ3v) is 4.31. The number of benzene rings is 2. The molecule has 0 atom stereocenters. The van der Waals surface area contributed by atoms with Gasteiger partial charge in [-0.15, -0.1) is 0 Å². The monoisotopic (exact) mass is 366 g/mol. The number of halogens is 5. The molecule has 0 amide bonds. The van der Waals surface area contributed by atoms with E-state index in [1.54, 1.807) is 18.2 Å². The van der Waals surface area contributed by atoms with Crippen LogP contribution in [0.1, 0.15) is 5.56 Å². The summed E-state index contributed by atoms with van der Waals surface area (Å²) in [5, 5.41) is 1.62. The lowest BCUT2D eigenvalue weighted by Gasteiger charge is -2.10. The minimum Gasteiger partial charge on any atom is -0.207 e. The minimum atomic E-state index is -0.308. The van der Waals surface area contributed by atoms with Crippen LogP contribution in [0.4, 0.5) is 4.39 Å². The van der Waals surface area contributed by atoms with Gasteiger partial charge in [0, 0.05) is 5.33 Å². The molecule has 5 heteroatoms. The summed E-state index contributed by atoms with van der Waals surface area (Å²) >= 11 is 21.2. The fourth-order valence-electron chi connectivity index (χ4n) is 1.64. The van der Waals surface area contributed by atoms with E-state index in [9.17, 15) is 4.39 Å². The average molecular weight is 368 g/mol. The molecule has 0 bridgehead atoms. The molecule has 0 spiro atoms. The molecule has 0 unspecified atom stereocenters. The lowest BCUT2D eigenvalue weighted by Crippen LogP contribution is -1.89. The Morgan fingerprint density at radius 2 is 1.61 bits per heavy atom. The van der Waals surface area contributed by atoms with Crippen LogP contribution in [0.15, 0.2) is 30.3 Å². The topological polar surface area (TPSA) is 0 Å². The Bertz CT molecular complexity index is 576. The van der Waals surface area contributed by atoms with E-state index in [0.29, 0.717) is 20.4 Å². The highest BCUT2D eigenvalue weighted by molar-refractivity contribution is 9.08. The molecule has 0 heterocycles. The molecular formula is C13H7BrCl3F. The van der Waals surface area contributed by atoms with Gasteiger partial charge in [-0.2, -0.15) is 0 Å². The number of rotatable bonds is 2. The second kappa shape index (κ2) is 5.79. The molecule has 2 rings (SSSR count). The van der Waals surface area contributed by atoms with Gasteiger partial charge in [0.1, 0.15) is 5.82 Å². The average Bonchev–Trinajstić information content (AvgIpc) is 2.35. The van der Waals surface area contributed by atoms with E-state index >= 15 is 0 Å². The van der Waals surface area contributed by atoms with Crippen LogP contribution in [-0.4, -0.2) is 0 Å². The van der Waals surface area contributed by atoms with Crippen LogP contribution >= 0.6 is 50.7 Å². The zero-order valence-electron chi connectivity index (χ0n) is 8.98. The van der Waals surface area contributed by atoms with Crippen LogP contribution in [0.3, 0.4) is 0 Å². The van der Waals surface area contributed by atoms with E-state index in [0.717, 1.165) is 16.7 Å². The highest BCUT2D eigenvalue weighted by Gasteiger charge is 2.11. The maximum absolute atomic E-state index is 13.3. The van der Waals surface area contributed by atoms with Gasteiger partial charge in [0.2, 0.25) is 0 Å². The van der Waals surface area contributed by atoms with Gasteiger partial charge in [0.15, 0.2) is 0 Å². The Hall–Kier alpha value is -0.280. The zero-order chi connectivity index (χ0) is 13.3. The van der Waals surface area contributed by atoms with Crippen molar-refractivity contribution in [1.82, 2.24) is 0 Å². The molecule has 18 heavy (non-hydrogen) atoms. The van der Waals surface area contributed by atoms with Crippen molar-refractivity contribution in [3.05, 3.63) is 56.8 Å². The highest BCUT2D eigenvalue weighted by atomic mass is 79.9. The molecular weight excluding hydrogens is 361 g/mol. The van der Waals surface area contributed by atoms with Crippen LogP contribution < -0.4 is 0 Å². The second-order valence-electron chi connectivity index (χ2n) is 3.69. The van der Waals surface area contributed by atoms with Crippen molar-refractivity contribution in [2.45, 2.75) is 5.33 Å². The van der Waals surface area contributed by atoms with E-state index in [-0.39, 0.29) is 5.82 Å². The van der Waals surface area contributed by atoms with Crippen molar-refractivity contribution in [2.24, 2.45) is 0 Å². The van der Waals surface area contributed by atoms with Crippen molar-refractivity contribution < 1.29 is 4.39 Å². The predicted molar refractivity (Wildman–Crippen MR) is 79.5 cm³/mol. The molecule has 0 radical (unpaired) electrons. The van der Waals surface area contributed by atoms with Crippen molar-refractivity contribution in [2.75, 3.05) is 0 Å². The highest BCUT2D eigenvalue weighted by Crippen LogP contribution is 2.36. The molecule has 0 nitrogen and oxygen atoms in total. The van der Waals surface area contributed by atoms with E-state index in [4.69, 9.17) is 34.8 Å². The molecule has 0 aliphatic rings. The Labute approximate surface area is 128 Å². The van der Waals surface area contributed by atoms with Gasteiger partial charge in [-0.05, 0) is 41.0 Å². The van der Waals surface area contributed by atoms with Crippen molar-refractivity contribution in [1.29, 1.82) is 0 Å². The molecule has 2 aromatic carbocycles. The second-order valence-corrected chi connectivity index (χ2v) is 5.44. The summed E-state index contributed by atoms with van der Waals surface area (Å²) in [6, 6.07) is 7.94. The molecule has 0 fully saturated rings. The first-order chi connectivity index (χ1) is 8.52. The molecule has 0 saturated carbocycles. The summed E-state index contributed by atoms with van der Waals surface area (Å²) in [5.41, 5.74) is 2.43. The lowest BCUT2D eigenvalue weighted by atomic mass is 10.0. The molecule has 0 N–H and O–H groups in total. The SMILES string of the molecule is Fc1ccc(CBr)c(-c2cc(Cl)c(Cl)c(Cl)c2)c1. The Morgan fingerprint density at radius 1 is 1.00 bits per heavy atom. The summed E-state index contributed by atoms with van der Waals surface area (Å²) in [7, 11) is 0. The first kappa shape index (κ1) is 14.1. The van der Waals surface area contributed by atoms with Crippen molar-refractivity contribution in [3.8, 4) is 11.1 Å². The van der Waals surface area contributed by atoms with Crippen LogP contribution in [0, 0.1) is 5.82 Å².